The van der Waals surface area contributed by atoms with Gasteiger partial charge in [-0.3, -0.25) is 4.90 Å². The van der Waals surface area contributed by atoms with Crippen LogP contribution in [0, 0.1) is 3.57 Å². The van der Waals surface area contributed by atoms with Crippen molar-refractivity contribution in [2.45, 2.75) is 19.0 Å². The lowest BCUT2D eigenvalue weighted by molar-refractivity contribution is 0.136. The molecule has 2 aromatic rings. The zero-order valence-electron chi connectivity index (χ0n) is 12.3. The summed E-state index contributed by atoms with van der Waals surface area (Å²) in [5.74, 6) is 0. The van der Waals surface area contributed by atoms with E-state index in [2.05, 4.69) is 94.3 Å². The van der Waals surface area contributed by atoms with Crippen molar-refractivity contribution >= 4 is 22.6 Å². The van der Waals surface area contributed by atoms with Crippen LogP contribution in [0.4, 0.5) is 0 Å². The Hall–Kier alpha value is -0.910. The molecule has 0 spiro atoms. The normalized spacial score (nSPS) is 23.1. The molecule has 0 saturated carbocycles. The average Bonchev–Trinajstić information content (AvgIpc) is 2.51. The maximum absolute atomic E-state index is 3.69. The molecule has 21 heavy (non-hydrogen) atoms. The van der Waals surface area contributed by atoms with E-state index < -0.39 is 0 Å². The summed E-state index contributed by atoms with van der Waals surface area (Å²) in [6, 6.07) is 19.6. The van der Waals surface area contributed by atoms with Gasteiger partial charge in [0.1, 0.15) is 0 Å². The van der Waals surface area contributed by atoms with Crippen molar-refractivity contribution in [3.63, 3.8) is 0 Å². The minimum Gasteiger partial charge on any atom is -0.305 e. The van der Waals surface area contributed by atoms with Crippen molar-refractivity contribution in [2.75, 3.05) is 19.6 Å². The van der Waals surface area contributed by atoms with Crippen LogP contribution in [0.1, 0.15) is 18.1 Å². The molecule has 2 nitrogen and oxygen atoms in total. The zero-order chi connectivity index (χ0) is 14.7. The Morgan fingerprint density at radius 1 is 1.10 bits per heavy atom. The van der Waals surface area contributed by atoms with E-state index in [1.165, 1.54) is 14.7 Å². The van der Waals surface area contributed by atoms with Crippen LogP contribution in [-0.4, -0.2) is 24.5 Å². The highest BCUT2D eigenvalue weighted by Crippen LogP contribution is 2.25. The van der Waals surface area contributed by atoms with E-state index in [1.54, 1.807) is 0 Å². The molecular formula is C18H21IN2. The Balaban J connectivity index is 1.72. The Bertz CT molecular complexity index is 582. The van der Waals surface area contributed by atoms with E-state index in [0.29, 0.717) is 0 Å². The Morgan fingerprint density at radius 2 is 1.81 bits per heavy atom. The first-order valence-corrected chi connectivity index (χ1v) is 8.51. The van der Waals surface area contributed by atoms with Gasteiger partial charge < -0.3 is 5.32 Å². The van der Waals surface area contributed by atoms with Crippen molar-refractivity contribution in [1.29, 1.82) is 0 Å². The van der Waals surface area contributed by atoms with Crippen LogP contribution >= 0.6 is 22.6 Å². The third-order valence-corrected chi connectivity index (χ3v) is 4.93. The van der Waals surface area contributed by atoms with Gasteiger partial charge in [-0.1, -0.05) is 42.5 Å². The fourth-order valence-electron chi connectivity index (χ4n) is 3.05. The molecule has 1 unspecified atom stereocenters. The second-order valence-electron chi connectivity index (χ2n) is 5.96. The largest absolute Gasteiger partial charge is 0.305 e. The van der Waals surface area contributed by atoms with Gasteiger partial charge >= 0.3 is 0 Å². The van der Waals surface area contributed by atoms with Gasteiger partial charge in [-0.25, -0.2) is 0 Å². The number of hydrogen-bond acceptors (Lipinski definition) is 2. The van der Waals surface area contributed by atoms with Crippen molar-refractivity contribution in [2.24, 2.45) is 0 Å². The molecule has 0 aliphatic carbocycles. The monoisotopic (exact) mass is 392 g/mol. The van der Waals surface area contributed by atoms with E-state index in [9.17, 15) is 0 Å². The van der Waals surface area contributed by atoms with Crippen molar-refractivity contribution in [1.82, 2.24) is 10.2 Å². The molecular weight excluding hydrogens is 371 g/mol. The fourth-order valence-corrected chi connectivity index (χ4v) is 3.41. The number of halogens is 1. The van der Waals surface area contributed by atoms with Gasteiger partial charge in [-0.15, -0.1) is 0 Å². The van der Waals surface area contributed by atoms with Gasteiger partial charge in [0.2, 0.25) is 0 Å². The van der Waals surface area contributed by atoms with E-state index in [4.69, 9.17) is 0 Å². The minimum absolute atomic E-state index is 0.0444. The first-order chi connectivity index (χ1) is 10.2. The van der Waals surface area contributed by atoms with Crippen LogP contribution in [0.25, 0.3) is 0 Å². The number of piperazine rings is 1. The average molecular weight is 392 g/mol. The molecule has 1 saturated heterocycles. The number of rotatable bonds is 3. The fraction of sp³-hybridized carbons (Fsp3) is 0.333. The standard InChI is InChI=1S/C18H21IN2/c1-18(16-5-3-2-4-6-16)14-21(12-11-20-18)13-15-7-9-17(19)10-8-15/h2-10,20H,11-14H2,1H3. The number of nitrogens with one attached hydrogen (secondary N) is 1. The summed E-state index contributed by atoms with van der Waals surface area (Å²) in [4.78, 5) is 2.55. The summed E-state index contributed by atoms with van der Waals surface area (Å²) in [7, 11) is 0. The maximum Gasteiger partial charge on any atom is 0.0535 e. The number of hydrogen-bond donors (Lipinski definition) is 1. The SMILES string of the molecule is CC1(c2ccccc2)CN(Cc2ccc(I)cc2)CCN1. The van der Waals surface area contributed by atoms with E-state index in [0.717, 1.165) is 26.2 Å². The van der Waals surface area contributed by atoms with E-state index in [-0.39, 0.29) is 5.54 Å². The third kappa shape index (κ3) is 3.65. The van der Waals surface area contributed by atoms with Crippen LogP contribution < -0.4 is 5.32 Å². The van der Waals surface area contributed by atoms with Crippen LogP contribution in [0.5, 0.6) is 0 Å². The molecule has 1 aliphatic heterocycles. The molecule has 3 heteroatoms. The smallest absolute Gasteiger partial charge is 0.0535 e. The topological polar surface area (TPSA) is 15.3 Å². The van der Waals surface area contributed by atoms with Crippen LogP contribution in [-0.2, 0) is 12.1 Å². The first-order valence-electron chi connectivity index (χ1n) is 7.43. The highest BCUT2D eigenvalue weighted by molar-refractivity contribution is 14.1. The summed E-state index contributed by atoms with van der Waals surface area (Å²) in [6.45, 7) is 6.52. The van der Waals surface area contributed by atoms with Gasteiger partial charge in [0, 0.05) is 29.7 Å². The molecule has 1 atom stereocenters. The summed E-state index contributed by atoms with van der Waals surface area (Å²) in [6.07, 6.45) is 0. The third-order valence-electron chi connectivity index (χ3n) is 4.21. The molecule has 3 rings (SSSR count). The van der Waals surface area contributed by atoms with E-state index in [1.807, 2.05) is 0 Å². The minimum atomic E-state index is 0.0444. The molecule has 1 fully saturated rings. The van der Waals surface area contributed by atoms with Crippen LogP contribution in [0.3, 0.4) is 0 Å². The summed E-state index contributed by atoms with van der Waals surface area (Å²) in [5, 5.41) is 3.69. The Morgan fingerprint density at radius 3 is 2.52 bits per heavy atom. The van der Waals surface area contributed by atoms with Crippen LogP contribution in [0.15, 0.2) is 54.6 Å². The van der Waals surface area contributed by atoms with Crippen molar-refractivity contribution in [3.8, 4) is 0 Å². The highest BCUT2D eigenvalue weighted by atomic mass is 127. The van der Waals surface area contributed by atoms with Gasteiger partial charge in [0.05, 0.1) is 5.54 Å². The summed E-state index contributed by atoms with van der Waals surface area (Å²) < 4.78 is 1.30. The molecule has 2 aromatic carbocycles. The molecule has 1 aliphatic rings. The number of nitrogens with zero attached hydrogens (tertiary/aromatic N) is 1. The predicted octanol–water partition coefficient (Wildman–Crippen LogP) is 3.61. The van der Waals surface area contributed by atoms with E-state index >= 15 is 0 Å². The van der Waals surface area contributed by atoms with Crippen LogP contribution in [0.2, 0.25) is 0 Å². The second-order valence-corrected chi connectivity index (χ2v) is 7.21. The predicted molar refractivity (Wildman–Crippen MR) is 96.2 cm³/mol. The lowest BCUT2D eigenvalue weighted by atomic mass is 9.89. The molecule has 0 radical (unpaired) electrons. The Kier molecular flexibility index (Phi) is 4.62. The molecule has 0 aromatic heterocycles. The molecule has 0 bridgehead atoms. The lowest BCUT2D eigenvalue weighted by Gasteiger charge is -2.42. The first kappa shape index (κ1) is 15.0. The second kappa shape index (κ2) is 6.46. The van der Waals surface area contributed by atoms with Gasteiger partial charge in [0.25, 0.3) is 0 Å². The highest BCUT2D eigenvalue weighted by Gasteiger charge is 2.31. The van der Waals surface area contributed by atoms with Crippen molar-refractivity contribution < 1.29 is 0 Å². The van der Waals surface area contributed by atoms with Gasteiger partial charge in [-0.2, -0.15) is 0 Å². The quantitative estimate of drug-likeness (QED) is 0.803. The molecule has 1 heterocycles. The summed E-state index contributed by atoms with van der Waals surface area (Å²) >= 11 is 2.36. The van der Waals surface area contributed by atoms with Gasteiger partial charge in [0.15, 0.2) is 0 Å². The molecule has 110 valence electrons. The van der Waals surface area contributed by atoms with Crippen molar-refractivity contribution in [3.05, 3.63) is 69.3 Å². The van der Waals surface area contributed by atoms with Gasteiger partial charge in [-0.05, 0) is 52.8 Å². The lowest BCUT2D eigenvalue weighted by Crippen LogP contribution is -2.56. The maximum atomic E-state index is 3.69. The zero-order valence-corrected chi connectivity index (χ0v) is 14.5. The molecule has 1 N–H and O–H groups in total. The Labute approximate surface area is 140 Å². The molecule has 0 amide bonds. The summed E-state index contributed by atoms with van der Waals surface area (Å²) in [5.41, 5.74) is 2.81. The number of benzene rings is 2.